The molecule has 86 valence electrons. The highest BCUT2D eigenvalue weighted by molar-refractivity contribution is 5.73. The Morgan fingerprint density at radius 2 is 2.00 bits per heavy atom. The van der Waals surface area contributed by atoms with Gasteiger partial charge in [0.15, 0.2) is 0 Å². The van der Waals surface area contributed by atoms with Crippen LogP contribution in [0.3, 0.4) is 0 Å². The van der Waals surface area contributed by atoms with Crippen LogP contribution in [0.25, 0.3) is 11.3 Å². The number of hydrogen-bond donors (Lipinski definition) is 1. The van der Waals surface area contributed by atoms with Crippen molar-refractivity contribution in [2.45, 2.75) is 20.1 Å². The maximum Gasteiger partial charge on any atom is 0.0931 e. The fourth-order valence-corrected chi connectivity index (χ4v) is 2.15. The van der Waals surface area contributed by atoms with E-state index in [9.17, 15) is 0 Å². The number of aryl methyl sites for hydroxylation is 1. The van der Waals surface area contributed by atoms with Crippen LogP contribution in [0.5, 0.6) is 0 Å². The lowest BCUT2D eigenvalue weighted by Crippen LogP contribution is -1.95. The molecular weight excluding hydrogens is 212 g/mol. The number of pyridine rings is 1. The first-order valence-corrected chi connectivity index (χ1v) is 5.66. The van der Waals surface area contributed by atoms with Crippen LogP contribution in [0, 0.1) is 6.92 Å². The molecule has 0 saturated heterocycles. The standard InChI is InChI=1S/C14H14N2O/c1-9-4-13(15)14(16-6-9)10-2-3-11-7-17-8-12(11)5-10/h2-6H,7-8,15H2,1H3. The van der Waals surface area contributed by atoms with E-state index in [0.717, 1.165) is 22.5 Å². The SMILES string of the molecule is Cc1cnc(-c2ccc3c(c2)COC3)c(N)c1. The van der Waals surface area contributed by atoms with Crippen molar-refractivity contribution >= 4 is 5.69 Å². The van der Waals surface area contributed by atoms with Crippen molar-refractivity contribution < 1.29 is 4.74 Å². The summed E-state index contributed by atoms with van der Waals surface area (Å²) in [5.41, 5.74) is 12.2. The Morgan fingerprint density at radius 3 is 2.82 bits per heavy atom. The first-order chi connectivity index (χ1) is 8.24. The molecule has 3 heteroatoms. The third kappa shape index (κ3) is 1.78. The first kappa shape index (κ1) is 10.3. The van der Waals surface area contributed by atoms with Gasteiger partial charge in [-0.2, -0.15) is 0 Å². The zero-order chi connectivity index (χ0) is 11.8. The number of benzene rings is 1. The number of rotatable bonds is 1. The van der Waals surface area contributed by atoms with Crippen molar-refractivity contribution in [3.8, 4) is 11.3 Å². The maximum absolute atomic E-state index is 6.00. The van der Waals surface area contributed by atoms with Crippen molar-refractivity contribution in [2.75, 3.05) is 5.73 Å². The molecule has 1 aromatic heterocycles. The lowest BCUT2D eigenvalue weighted by atomic mass is 10.0. The van der Waals surface area contributed by atoms with Crippen molar-refractivity contribution in [3.05, 3.63) is 47.2 Å². The van der Waals surface area contributed by atoms with Gasteiger partial charge < -0.3 is 10.5 Å². The number of nitrogens with two attached hydrogens (primary N) is 1. The second-order valence-electron chi connectivity index (χ2n) is 4.43. The molecule has 0 atom stereocenters. The van der Waals surface area contributed by atoms with Crippen molar-refractivity contribution in [3.63, 3.8) is 0 Å². The Morgan fingerprint density at radius 1 is 1.18 bits per heavy atom. The van der Waals surface area contributed by atoms with Gasteiger partial charge in [0, 0.05) is 11.8 Å². The van der Waals surface area contributed by atoms with Crippen LogP contribution in [0.4, 0.5) is 5.69 Å². The van der Waals surface area contributed by atoms with Gasteiger partial charge in [-0.1, -0.05) is 12.1 Å². The summed E-state index contributed by atoms with van der Waals surface area (Å²) in [7, 11) is 0. The molecule has 3 nitrogen and oxygen atoms in total. The van der Waals surface area contributed by atoms with Crippen molar-refractivity contribution in [1.82, 2.24) is 4.98 Å². The largest absolute Gasteiger partial charge is 0.397 e. The average Bonchev–Trinajstić information content (AvgIpc) is 2.75. The molecule has 0 fully saturated rings. The molecule has 0 unspecified atom stereocenters. The molecule has 0 aliphatic carbocycles. The fraction of sp³-hybridized carbons (Fsp3) is 0.214. The maximum atomic E-state index is 6.00. The van der Waals surface area contributed by atoms with E-state index in [2.05, 4.69) is 23.2 Å². The number of hydrogen-bond acceptors (Lipinski definition) is 3. The summed E-state index contributed by atoms with van der Waals surface area (Å²) in [4.78, 5) is 4.41. The van der Waals surface area contributed by atoms with Crippen LogP contribution in [-0.4, -0.2) is 4.98 Å². The molecule has 1 aromatic carbocycles. The lowest BCUT2D eigenvalue weighted by Gasteiger charge is -2.07. The third-order valence-electron chi connectivity index (χ3n) is 3.05. The summed E-state index contributed by atoms with van der Waals surface area (Å²) >= 11 is 0. The Balaban J connectivity index is 2.09. The van der Waals surface area contributed by atoms with Crippen LogP contribution >= 0.6 is 0 Å². The van der Waals surface area contributed by atoms with Crippen LogP contribution in [0.2, 0.25) is 0 Å². The molecule has 2 heterocycles. The summed E-state index contributed by atoms with van der Waals surface area (Å²) < 4.78 is 5.40. The summed E-state index contributed by atoms with van der Waals surface area (Å²) in [6, 6.07) is 8.22. The summed E-state index contributed by atoms with van der Waals surface area (Å²) in [6.07, 6.45) is 1.84. The third-order valence-corrected chi connectivity index (χ3v) is 3.05. The van der Waals surface area contributed by atoms with E-state index in [1.165, 1.54) is 11.1 Å². The zero-order valence-electron chi connectivity index (χ0n) is 9.73. The molecule has 2 aromatic rings. The van der Waals surface area contributed by atoms with E-state index in [0.29, 0.717) is 13.2 Å². The molecule has 1 aliphatic heterocycles. The molecule has 0 radical (unpaired) electrons. The van der Waals surface area contributed by atoms with Gasteiger partial charge in [0.05, 0.1) is 24.6 Å². The van der Waals surface area contributed by atoms with Gasteiger partial charge in [-0.15, -0.1) is 0 Å². The summed E-state index contributed by atoms with van der Waals surface area (Å²) in [5, 5.41) is 0. The van der Waals surface area contributed by atoms with Gasteiger partial charge in [0.2, 0.25) is 0 Å². The normalized spacial score (nSPS) is 13.7. The number of anilines is 1. The van der Waals surface area contributed by atoms with Gasteiger partial charge in [-0.05, 0) is 35.7 Å². The van der Waals surface area contributed by atoms with E-state index in [4.69, 9.17) is 10.5 Å². The van der Waals surface area contributed by atoms with Crippen molar-refractivity contribution in [2.24, 2.45) is 0 Å². The van der Waals surface area contributed by atoms with E-state index >= 15 is 0 Å². The Hall–Kier alpha value is -1.87. The van der Waals surface area contributed by atoms with E-state index < -0.39 is 0 Å². The van der Waals surface area contributed by atoms with Gasteiger partial charge in [0.1, 0.15) is 0 Å². The minimum atomic E-state index is 0.689. The minimum Gasteiger partial charge on any atom is -0.397 e. The molecule has 17 heavy (non-hydrogen) atoms. The van der Waals surface area contributed by atoms with Gasteiger partial charge in [-0.25, -0.2) is 0 Å². The van der Waals surface area contributed by atoms with Crippen LogP contribution in [-0.2, 0) is 18.0 Å². The molecule has 0 saturated carbocycles. The number of nitrogens with zero attached hydrogens (tertiary/aromatic N) is 1. The van der Waals surface area contributed by atoms with E-state index in [1.54, 1.807) is 0 Å². The molecule has 0 amide bonds. The molecular formula is C14H14N2O. The predicted octanol–water partition coefficient (Wildman–Crippen LogP) is 2.67. The molecule has 0 spiro atoms. The number of aromatic nitrogens is 1. The van der Waals surface area contributed by atoms with Crippen LogP contribution in [0.1, 0.15) is 16.7 Å². The minimum absolute atomic E-state index is 0.689. The second-order valence-corrected chi connectivity index (χ2v) is 4.43. The predicted molar refractivity (Wildman–Crippen MR) is 67.3 cm³/mol. The van der Waals surface area contributed by atoms with Gasteiger partial charge in [0.25, 0.3) is 0 Å². The van der Waals surface area contributed by atoms with Crippen molar-refractivity contribution in [1.29, 1.82) is 0 Å². The Kier molecular flexibility index (Phi) is 2.34. The first-order valence-electron chi connectivity index (χ1n) is 5.66. The lowest BCUT2D eigenvalue weighted by molar-refractivity contribution is 0.134. The Bertz CT molecular complexity index is 578. The number of ether oxygens (including phenoxy) is 1. The molecule has 1 aliphatic rings. The zero-order valence-corrected chi connectivity index (χ0v) is 9.73. The van der Waals surface area contributed by atoms with Gasteiger partial charge in [-0.3, -0.25) is 4.98 Å². The molecule has 3 rings (SSSR count). The van der Waals surface area contributed by atoms with E-state index in [-0.39, 0.29) is 0 Å². The second kappa shape index (κ2) is 3.86. The number of fused-ring (bicyclic) bond motifs is 1. The summed E-state index contributed by atoms with van der Waals surface area (Å²) in [6.45, 7) is 3.39. The highest BCUT2D eigenvalue weighted by Crippen LogP contribution is 2.29. The van der Waals surface area contributed by atoms with Crippen LogP contribution < -0.4 is 5.73 Å². The highest BCUT2D eigenvalue weighted by Gasteiger charge is 2.13. The van der Waals surface area contributed by atoms with Gasteiger partial charge >= 0.3 is 0 Å². The summed E-state index contributed by atoms with van der Waals surface area (Å²) in [5.74, 6) is 0. The topological polar surface area (TPSA) is 48.1 Å². The average molecular weight is 226 g/mol. The Labute approximate surface area is 100 Å². The quantitative estimate of drug-likeness (QED) is 0.813. The number of nitrogen functional groups attached to an aromatic ring is 1. The van der Waals surface area contributed by atoms with Crippen LogP contribution in [0.15, 0.2) is 30.5 Å². The highest BCUT2D eigenvalue weighted by atomic mass is 16.5. The fourth-order valence-electron chi connectivity index (χ4n) is 2.15. The smallest absolute Gasteiger partial charge is 0.0931 e. The molecule has 0 bridgehead atoms. The molecule has 2 N–H and O–H groups in total. The monoisotopic (exact) mass is 226 g/mol. The van der Waals surface area contributed by atoms with E-state index in [1.807, 2.05) is 19.2 Å².